The first-order chi connectivity index (χ1) is 13.5. The average Bonchev–Trinajstić information content (AvgIpc) is 2.70. The van der Waals surface area contributed by atoms with Gasteiger partial charge in [0.05, 0.1) is 11.4 Å². The summed E-state index contributed by atoms with van der Waals surface area (Å²) in [5.74, 6) is -0.0889. The van der Waals surface area contributed by atoms with Gasteiger partial charge in [-0.2, -0.15) is 4.31 Å². The monoisotopic (exact) mass is 401 g/mol. The van der Waals surface area contributed by atoms with Crippen molar-refractivity contribution in [2.75, 3.05) is 38.0 Å². The van der Waals surface area contributed by atoms with Crippen molar-refractivity contribution in [3.63, 3.8) is 0 Å². The summed E-state index contributed by atoms with van der Waals surface area (Å²) in [5, 5.41) is 2.86. The summed E-state index contributed by atoms with van der Waals surface area (Å²) < 4.78 is 27.2. The van der Waals surface area contributed by atoms with E-state index in [0.29, 0.717) is 31.1 Å². The van der Waals surface area contributed by atoms with Gasteiger partial charge in [0.2, 0.25) is 15.9 Å². The fraction of sp³-hybridized carbons (Fsp3) is 0.381. The first kappa shape index (κ1) is 20.5. The lowest BCUT2D eigenvalue weighted by atomic mass is 10.1. The van der Waals surface area contributed by atoms with E-state index in [1.165, 1.54) is 4.31 Å². The average molecular weight is 402 g/mol. The SMILES string of the molecule is CCCc1ccc(S(=O)(=O)N2CCN(CC(=O)Nc3ccccc3)CC2)cc1. The van der Waals surface area contributed by atoms with Crippen LogP contribution < -0.4 is 5.32 Å². The standard InChI is InChI=1S/C21H27N3O3S/c1-2-6-18-9-11-20(12-10-18)28(26,27)24-15-13-23(14-16-24)17-21(25)22-19-7-4-3-5-8-19/h3-5,7-12H,2,6,13-17H2,1H3,(H,22,25). The molecule has 1 fully saturated rings. The van der Waals surface area contributed by atoms with Gasteiger partial charge < -0.3 is 5.32 Å². The summed E-state index contributed by atoms with van der Waals surface area (Å²) in [6.07, 6.45) is 1.98. The van der Waals surface area contributed by atoms with Gasteiger partial charge in [-0.3, -0.25) is 9.69 Å². The van der Waals surface area contributed by atoms with E-state index in [1.807, 2.05) is 47.4 Å². The Kier molecular flexibility index (Phi) is 6.83. The predicted molar refractivity (Wildman–Crippen MR) is 111 cm³/mol. The van der Waals surface area contributed by atoms with Gasteiger partial charge in [-0.25, -0.2) is 8.42 Å². The zero-order valence-electron chi connectivity index (χ0n) is 16.2. The van der Waals surface area contributed by atoms with Crippen LogP contribution in [0.5, 0.6) is 0 Å². The number of nitrogens with one attached hydrogen (secondary N) is 1. The lowest BCUT2D eigenvalue weighted by molar-refractivity contribution is -0.117. The molecule has 3 rings (SSSR count). The van der Waals surface area contributed by atoms with Crippen molar-refractivity contribution in [1.29, 1.82) is 0 Å². The summed E-state index contributed by atoms with van der Waals surface area (Å²) in [5.41, 5.74) is 1.91. The Balaban J connectivity index is 1.53. The molecule has 0 spiro atoms. The quantitative estimate of drug-likeness (QED) is 0.774. The first-order valence-corrected chi connectivity index (χ1v) is 11.1. The van der Waals surface area contributed by atoms with Crippen molar-refractivity contribution < 1.29 is 13.2 Å². The van der Waals surface area contributed by atoms with E-state index in [-0.39, 0.29) is 12.5 Å². The van der Waals surface area contributed by atoms with E-state index in [0.717, 1.165) is 24.1 Å². The van der Waals surface area contributed by atoms with Crippen molar-refractivity contribution in [2.24, 2.45) is 0 Å². The van der Waals surface area contributed by atoms with Crippen LogP contribution in [0.3, 0.4) is 0 Å². The molecule has 0 atom stereocenters. The van der Waals surface area contributed by atoms with E-state index in [9.17, 15) is 13.2 Å². The number of piperazine rings is 1. The largest absolute Gasteiger partial charge is 0.325 e. The summed E-state index contributed by atoms with van der Waals surface area (Å²) in [6, 6.07) is 16.5. The number of benzene rings is 2. The summed E-state index contributed by atoms with van der Waals surface area (Å²) in [7, 11) is -3.49. The molecule has 0 saturated carbocycles. The highest BCUT2D eigenvalue weighted by Gasteiger charge is 2.29. The van der Waals surface area contributed by atoms with Crippen LogP contribution in [0.1, 0.15) is 18.9 Å². The van der Waals surface area contributed by atoms with Crippen molar-refractivity contribution in [1.82, 2.24) is 9.21 Å². The zero-order valence-corrected chi connectivity index (χ0v) is 17.0. The molecule has 0 bridgehead atoms. The van der Waals surface area contributed by atoms with Gasteiger partial charge in [0, 0.05) is 31.9 Å². The van der Waals surface area contributed by atoms with E-state index in [4.69, 9.17) is 0 Å². The number of hydrogen-bond acceptors (Lipinski definition) is 4. The van der Waals surface area contributed by atoms with Crippen LogP contribution in [0.2, 0.25) is 0 Å². The van der Waals surface area contributed by atoms with Crippen molar-refractivity contribution >= 4 is 21.6 Å². The smallest absolute Gasteiger partial charge is 0.243 e. The van der Waals surface area contributed by atoms with E-state index in [1.54, 1.807) is 12.1 Å². The van der Waals surface area contributed by atoms with Crippen LogP contribution in [-0.2, 0) is 21.2 Å². The van der Waals surface area contributed by atoms with Gasteiger partial charge in [0.25, 0.3) is 0 Å². The third-order valence-corrected chi connectivity index (χ3v) is 6.77. The highest BCUT2D eigenvalue weighted by atomic mass is 32.2. The van der Waals surface area contributed by atoms with Crippen LogP contribution in [0.4, 0.5) is 5.69 Å². The number of aryl methyl sites for hydroxylation is 1. The maximum absolute atomic E-state index is 12.9. The Morgan fingerprint density at radius 2 is 1.61 bits per heavy atom. The fourth-order valence-corrected chi connectivity index (χ4v) is 4.74. The maximum atomic E-state index is 12.9. The summed E-state index contributed by atoms with van der Waals surface area (Å²) in [4.78, 5) is 14.5. The van der Waals surface area contributed by atoms with Crippen LogP contribution in [0.25, 0.3) is 0 Å². The zero-order chi connectivity index (χ0) is 20.0. The number of anilines is 1. The second-order valence-electron chi connectivity index (χ2n) is 6.99. The van der Waals surface area contributed by atoms with Crippen LogP contribution in [-0.4, -0.2) is 56.3 Å². The van der Waals surface area contributed by atoms with Crippen LogP contribution in [0.15, 0.2) is 59.5 Å². The number of rotatable bonds is 7. The highest BCUT2D eigenvalue weighted by molar-refractivity contribution is 7.89. The number of hydrogen-bond donors (Lipinski definition) is 1. The molecule has 28 heavy (non-hydrogen) atoms. The molecule has 2 aromatic carbocycles. The highest BCUT2D eigenvalue weighted by Crippen LogP contribution is 2.19. The molecule has 1 N–H and O–H groups in total. The van der Waals surface area contributed by atoms with Crippen molar-refractivity contribution in [3.05, 3.63) is 60.2 Å². The van der Waals surface area contributed by atoms with E-state index < -0.39 is 10.0 Å². The first-order valence-electron chi connectivity index (χ1n) is 9.65. The number of carbonyl (C=O) groups excluding carboxylic acids is 1. The number of carbonyl (C=O) groups is 1. The molecule has 0 aliphatic carbocycles. The molecule has 1 saturated heterocycles. The fourth-order valence-electron chi connectivity index (χ4n) is 3.32. The second-order valence-corrected chi connectivity index (χ2v) is 8.93. The molecule has 6 nitrogen and oxygen atoms in total. The van der Waals surface area contributed by atoms with Gasteiger partial charge in [0.1, 0.15) is 0 Å². The Morgan fingerprint density at radius 3 is 2.21 bits per heavy atom. The van der Waals surface area contributed by atoms with Gasteiger partial charge >= 0.3 is 0 Å². The van der Waals surface area contributed by atoms with E-state index >= 15 is 0 Å². The number of nitrogens with zero attached hydrogens (tertiary/aromatic N) is 2. The molecule has 7 heteroatoms. The summed E-state index contributed by atoms with van der Waals surface area (Å²) in [6.45, 7) is 4.21. The molecule has 1 aliphatic heterocycles. The minimum Gasteiger partial charge on any atom is -0.325 e. The molecule has 0 unspecified atom stereocenters. The van der Waals surface area contributed by atoms with Gasteiger partial charge in [-0.05, 0) is 36.2 Å². The molecular formula is C21H27N3O3S. The van der Waals surface area contributed by atoms with Crippen molar-refractivity contribution in [2.45, 2.75) is 24.7 Å². The lowest BCUT2D eigenvalue weighted by Gasteiger charge is -2.33. The number of sulfonamides is 1. The minimum atomic E-state index is -3.49. The molecule has 0 aromatic heterocycles. The number of amides is 1. The Morgan fingerprint density at radius 1 is 0.964 bits per heavy atom. The topological polar surface area (TPSA) is 69.7 Å². The summed E-state index contributed by atoms with van der Waals surface area (Å²) >= 11 is 0. The molecular weight excluding hydrogens is 374 g/mol. The van der Waals surface area contributed by atoms with Gasteiger partial charge in [-0.15, -0.1) is 0 Å². The minimum absolute atomic E-state index is 0.0889. The molecule has 150 valence electrons. The van der Waals surface area contributed by atoms with Crippen LogP contribution >= 0.6 is 0 Å². The molecule has 2 aromatic rings. The Hall–Kier alpha value is -2.22. The molecule has 1 heterocycles. The molecule has 1 amide bonds. The predicted octanol–water partition coefficient (Wildman–Crippen LogP) is 2.58. The van der Waals surface area contributed by atoms with Gasteiger partial charge in [0.15, 0.2) is 0 Å². The Labute approximate surface area is 167 Å². The number of para-hydroxylation sites is 1. The van der Waals surface area contributed by atoms with E-state index in [2.05, 4.69) is 12.2 Å². The third kappa shape index (κ3) is 5.19. The second kappa shape index (κ2) is 9.32. The normalized spacial score (nSPS) is 16.0. The maximum Gasteiger partial charge on any atom is 0.243 e. The Bertz CT molecular complexity index is 875. The van der Waals surface area contributed by atoms with Crippen molar-refractivity contribution in [3.8, 4) is 0 Å². The molecule has 1 aliphatic rings. The molecule has 0 radical (unpaired) electrons. The van der Waals surface area contributed by atoms with Crippen LogP contribution in [0, 0.1) is 0 Å². The third-order valence-electron chi connectivity index (χ3n) is 4.86. The van der Waals surface area contributed by atoms with Gasteiger partial charge in [-0.1, -0.05) is 43.7 Å². The lowest BCUT2D eigenvalue weighted by Crippen LogP contribution is -2.50.